The van der Waals surface area contributed by atoms with Crippen molar-refractivity contribution in [1.82, 2.24) is 4.90 Å². The maximum Gasteiger partial charge on any atom is 0.0588 e. The zero-order valence-corrected chi connectivity index (χ0v) is 11.2. The molecule has 0 aromatic rings. The molecule has 2 rings (SSSR count). The summed E-state index contributed by atoms with van der Waals surface area (Å²) in [7, 11) is 0. The maximum atomic E-state index is 5.65. The molecule has 88 valence electrons. The minimum Gasteiger partial charge on any atom is -0.378 e. The van der Waals surface area contributed by atoms with Gasteiger partial charge in [0.1, 0.15) is 0 Å². The summed E-state index contributed by atoms with van der Waals surface area (Å²) in [6.07, 6.45) is 5.67. The molecule has 0 amide bonds. The third-order valence-electron chi connectivity index (χ3n) is 3.74. The van der Waals surface area contributed by atoms with Crippen molar-refractivity contribution in [3.8, 4) is 0 Å². The van der Waals surface area contributed by atoms with Crippen molar-refractivity contribution in [1.29, 1.82) is 0 Å². The van der Waals surface area contributed by atoms with Crippen LogP contribution < -0.4 is 0 Å². The molecular weight excluding hydrogens is 254 g/mol. The smallest absolute Gasteiger partial charge is 0.0588 e. The Bertz CT molecular complexity index is 194. The number of alkyl halides is 1. The second kappa shape index (κ2) is 5.65. The maximum absolute atomic E-state index is 5.65. The quantitative estimate of drug-likeness (QED) is 0.735. The number of nitrogens with zero attached hydrogens (tertiary/aromatic N) is 1. The summed E-state index contributed by atoms with van der Waals surface area (Å²) in [5.74, 6) is 0.837. The molecule has 2 aliphatic heterocycles. The van der Waals surface area contributed by atoms with Crippen LogP contribution in [0.4, 0.5) is 0 Å². The molecule has 2 nitrogen and oxygen atoms in total. The number of likely N-dealkylation sites (tertiary alicyclic amines) is 1. The van der Waals surface area contributed by atoms with Crippen LogP contribution >= 0.6 is 15.9 Å². The van der Waals surface area contributed by atoms with Crippen molar-refractivity contribution in [3.05, 3.63) is 0 Å². The predicted molar refractivity (Wildman–Crippen MR) is 66.5 cm³/mol. The topological polar surface area (TPSA) is 12.5 Å². The molecule has 3 unspecified atom stereocenters. The van der Waals surface area contributed by atoms with Crippen LogP contribution in [0.1, 0.15) is 32.6 Å². The van der Waals surface area contributed by atoms with E-state index in [0.717, 1.165) is 12.5 Å². The van der Waals surface area contributed by atoms with Gasteiger partial charge in [-0.15, -0.1) is 0 Å². The van der Waals surface area contributed by atoms with E-state index in [-0.39, 0.29) is 0 Å². The summed E-state index contributed by atoms with van der Waals surface area (Å²) in [4.78, 5) is 3.27. The molecule has 0 aliphatic carbocycles. The van der Waals surface area contributed by atoms with Crippen LogP contribution in [-0.4, -0.2) is 42.1 Å². The number of halogens is 1. The second-order valence-electron chi connectivity index (χ2n) is 5.01. The largest absolute Gasteiger partial charge is 0.378 e. The molecule has 2 aliphatic rings. The lowest BCUT2D eigenvalue weighted by Crippen LogP contribution is -2.41. The Balaban J connectivity index is 1.66. The Morgan fingerprint density at radius 3 is 2.93 bits per heavy atom. The third-order valence-corrected chi connectivity index (χ3v) is 4.93. The fourth-order valence-corrected chi connectivity index (χ4v) is 3.16. The van der Waals surface area contributed by atoms with Crippen molar-refractivity contribution in [2.24, 2.45) is 5.92 Å². The molecule has 2 heterocycles. The predicted octanol–water partition coefficient (Wildman–Crippen LogP) is 2.66. The Morgan fingerprint density at radius 1 is 1.40 bits per heavy atom. The lowest BCUT2D eigenvalue weighted by Gasteiger charge is -2.34. The molecule has 0 radical (unpaired) electrons. The summed E-state index contributed by atoms with van der Waals surface area (Å²) in [6.45, 7) is 7.04. The van der Waals surface area contributed by atoms with Crippen molar-refractivity contribution in [2.75, 3.05) is 26.2 Å². The molecule has 0 bridgehead atoms. The van der Waals surface area contributed by atoms with Crippen LogP contribution in [0.2, 0.25) is 0 Å². The molecule has 0 spiro atoms. The summed E-state index contributed by atoms with van der Waals surface area (Å²) in [6, 6.07) is 0. The highest BCUT2D eigenvalue weighted by molar-refractivity contribution is 9.09. The highest BCUT2D eigenvalue weighted by Crippen LogP contribution is 2.24. The van der Waals surface area contributed by atoms with E-state index >= 15 is 0 Å². The van der Waals surface area contributed by atoms with Gasteiger partial charge in [0.25, 0.3) is 0 Å². The van der Waals surface area contributed by atoms with Gasteiger partial charge in [0.05, 0.1) is 6.10 Å². The van der Waals surface area contributed by atoms with Crippen molar-refractivity contribution >= 4 is 15.9 Å². The average Bonchev–Trinajstić information content (AvgIpc) is 2.73. The van der Waals surface area contributed by atoms with Gasteiger partial charge in [-0.3, -0.25) is 0 Å². The van der Waals surface area contributed by atoms with Crippen LogP contribution in [0, 0.1) is 5.92 Å². The molecule has 3 heteroatoms. The summed E-state index contributed by atoms with van der Waals surface area (Å²) >= 11 is 3.77. The summed E-state index contributed by atoms with van der Waals surface area (Å²) < 4.78 is 5.65. The van der Waals surface area contributed by atoms with Gasteiger partial charge in [0, 0.05) is 24.5 Å². The van der Waals surface area contributed by atoms with Crippen LogP contribution in [-0.2, 0) is 4.74 Å². The Morgan fingerprint density at radius 2 is 2.27 bits per heavy atom. The van der Waals surface area contributed by atoms with E-state index < -0.39 is 0 Å². The van der Waals surface area contributed by atoms with E-state index in [2.05, 4.69) is 27.8 Å². The number of ether oxygens (including phenoxy) is 1. The summed E-state index contributed by atoms with van der Waals surface area (Å²) in [5.41, 5.74) is 0. The zero-order valence-electron chi connectivity index (χ0n) is 9.62. The van der Waals surface area contributed by atoms with E-state index in [0.29, 0.717) is 10.9 Å². The van der Waals surface area contributed by atoms with Crippen LogP contribution in [0.5, 0.6) is 0 Å². The van der Waals surface area contributed by atoms with Crippen LogP contribution in [0.15, 0.2) is 0 Å². The molecule has 15 heavy (non-hydrogen) atoms. The second-order valence-corrected chi connectivity index (χ2v) is 6.18. The molecule has 0 N–H and O–H groups in total. The van der Waals surface area contributed by atoms with Gasteiger partial charge >= 0.3 is 0 Å². The molecule has 0 aromatic heterocycles. The zero-order chi connectivity index (χ0) is 10.7. The van der Waals surface area contributed by atoms with Crippen LogP contribution in [0.3, 0.4) is 0 Å². The van der Waals surface area contributed by atoms with E-state index in [1.54, 1.807) is 0 Å². The molecule has 2 saturated heterocycles. The third kappa shape index (κ3) is 3.43. The monoisotopic (exact) mass is 275 g/mol. The van der Waals surface area contributed by atoms with Crippen molar-refractivity contribution in [3.63, 3.8) is 0 Å². The molecule has 0 aromatic carbocycles. The van der Waals surface area contributed by atoms with Crippen molar-refractivity contribution in [2.45, 2.75) is 43.5 Å². The van der Waals surface area contributed by atoms with Crippen LogP contribution in [0.25, 0.3) is 0 Å². The van der Waals surface area contributed by atoms with Gasteiger partial charge in [0.2, 0.25) is 0 Å². The number of hydrogen-bond donors (Lipinski definition) is 0. The highest BCUT2D eigenvalue weighted by Gasteiger charge is 2.24. The first kappa shape index (κ1) is 11.9. The van der Waals surface area contributed by atoms with Gasteiger partial charge < -0.3 is 9.64 Å². The Hall–Kier alpha value is 0.400. The molecule has 2 fully saturated rings. The highest BCUT2D eigenvalue weighted by atomic mass is 79.9. The van der Waals surface area contributed by atoms with Gasteiger partial charge in [-0.05, 0) is 38.1 Å². The molecule has 0 saturated carbocycles. The first-order chi connectivity index (χ1) is 7.25. The van der Waals surface area contributed by atoms with E-state index in [4.69, 9.17) is 4.74 Å². The lowest BCUT2D eigenvalue weighted by atomic mass is 9.99. The van der Waals surface area contributed by atoms with Gasteiger partial charge in [-0.25, -0.2) is 0 Å². The number of piperidine rings is 1. The van der Waals surface area contributed by atoms with Gasteiger partial charge in [-0.2, -0.15) is 0 Å². The molecule has 3 atom stereocenters. The Kier molecular flexibility index (Phi) is 4.47. The minimum atomic E-state index is 0.554. The van der Waals surface area contributed by atoms with E-state index in [1.165, 1.54) is 45.3 Å². The SMILES string of the molecule is CC1CCN(CCC2CCCO2)CC1Br. The lowest BCUT2D eigenvalue weighted by molar-refractivity contribution is 0.0869. The van der Waals surface area contributed by atoms with Gasteiger partial charge in [-0.1, -0.05) is 22.9 Å². The van der Waals surface area contributed by atoms with E-state index in [9.17, 15) is 0 Å². The first-order valence-corrected chi connectivity index (χ1v) is 7.15. The van der Waals surface area contributed by atoms with Gasteiger partial charge in [0.15, 0.2) is 0 Å². The first-order valence-electron chi connectivity index (χ1n) is 6.23. The van der Waals surface area contributed by atoms with E-state index in [1.807, 2.05) is 0 Å². The standard InChI is InChI=1S/C12H22BrNO/c1-10-4-6-14(9-12(10)13)7-5-11-3-2-8-15-11/h10-12H,2-9H2,1H3. The van der Waals surface area contributed by atoms with Crippen molar-refractivity contribution < 1.29 is 4.74 Å². The average molecular weight is 276 g/mol. The fraction of sp³-hybridized carbons (Fsp3) is 1.00. The normalized spacial score (nSPS) is 38.4. The minimum absolute atomic E-state index is 0.554. The summed E-state index contributed by atoms with van der Waals surface area (Å²) in [5, 5.41) is 0. The molecular formula is C12H22BrNO. The Labute approximate surface area is 101 Å². The fourth-order valence-electron chi connectivity index (χ4n) is 2.49. The number of rotatable bonds is 3. The number of hydrogen-bond acceptors (Lipinski definition) is 2.